The Bertz CT molecular complexity index is 1180. The summed E-state index contributed by atoms with van der Waals surface area (Å²) in [5, 5.41) is 9.86. The van der Waals surface area contributed by atoms with E-state index in [2.05, 4.69) is 4.99 Å². The summed E-state index contributed by atoms with van der Waals surface area (Å²) in [6.45, 7) is 4.07. The number of hydroxylamine groups is 2. The van der Waals surface area contributed by atoms with Gasteiger partial charge in [-0.2, -0.15) is 4.99 Å². The Morgan fingerprint density at radius 2 is 2.03 bits per heavy atom. The van der Waals surface area contributed by atoms with Crippen LogP contribution >= 0.6 is 11.6 Å². The van der Waals surface area contributed by atoms with Crippen LogP contribution in [0.5, 0.6) is 11.5 Å². The number of benzene rings is 2. The van der Waals surface area contributed by atoms with Crippen LogP contribution in [0.1, 0.15) is 23.6 Å². The highest BCUT2D eigenvalue weighted by Crippen LogP contribution is 2.38. The summed E-state index contributed by atoms with van der Waals surface area (Å²) in [4.78, 5) is 21.9. The number of amidine groups is 2. The normalized spacial score (nSPS) is 16.6. The number of aryl methyl sites for hydroxylation is 1. The topological polar surface area (TPSA) is 84.2 Å². The van der Waals surface area contributed by atoms with E-state index in [0.29, 0.717) is 40.3 Å². The molecular formula is C23H20ClN3O4. The summed E-state index contributed by atoms with van der Waals surface area (Å²) in [7, 11) is 1.51. The van der Waals surface area contributed by atoms with E-state index in [1.54, 1.807) is 25.1 Å². The molecule has 2 aliphatic heterocycles. The third-order valence-electron chi connectivity index (χ3n) is 4.88. The predicted octanol–water partition coefficient (Wildman–Crippen LogP) is 4.69. The second-order valence-corrected chi connectivity index (χ2v) is 7.48. The summed E-state index contributed by atoms with van der Waals surface area (Å²) in [5.41, 5.74) is 2.80. The number of fused-ring (bicyclic) bond motifs is 1. The fourth-order valence-corrected chi connectivity index (χ4v) is 3.53. The van der Waals surface area contributed by atoms with E-state index in [4.69, 9.17) is 31.3 Å². The van der Waals surface area contributed by atoms with Crippen LogP contribution in [-0.2, 0) is 16.2 Å². The first kappa shape index (κ1) is 20.7. The number of allylic oxidation sites excluding steroid dienone is 1. The van der Waals surface area contributed by atoms with Crippen molar-refractivity contribution in [1.82, 2.24) is 5.06 Å². The first-order chi connectivity index (χ1) is 14.9. The Balaban J connectivity index is 1.62. The first-order valence-corrected chi connectivity index (χ1v) is 9.90. The fraction of sp³-hybridized carbons (Fsp3) is 0.174. The van der Waals surface area contributed by atoms with E-state index in [0.717, 1.165) is 11.1 Å². The van der Waals surface area contributed by atoms with Gasteiger partial charge in [0.05, 0.1) is 17.7 Å². The highest BCUT2D eigenvalue weighted by atomic mass is 35.5. The number of rotatable bonds is 5. The van der Waals surface area contributed by atoms with E-state index in [9.17, 15) is 4.79 Å². The number of ether oxygens (including phenoxy) is 2. The molecule has 0 spiro atoms. The Labute approximate surface area is 184 Å². The third-order valence-corrected chi connectivity index (χ3v) is 5.16. The molecule has 158 valence electrons. The molecule has 4 rings (SSSR count). The summed E-state index contributed by atoms with van der Waals surface area (Å²) in [6, 6.07) is 11.3. The molecule has 7 nitrogen and oxygen atoms in total. The molecule has 0 radical (unpaired) electrons. The summed E-state index contributed by atoms with van der Waals surface area (Å²) >= 11 is 6.47. The zero-order valence-electron chi connectivity index (χ0n) is 17.2. The standard InChI is InChI=1S/C23H20ClN3O4/c1-13-6-4-5-7-16(13)12-30-21-18(24)10-15(11-19(21)29-3)9-17-22(25)27-20(26-23(17)28)8-14(2)31-27/h4-11,25H,12H2,1-3H3/b17-9-,25-22?. The molecule has 0 fully saturated rings. The lowest BCUT2D eigenvalue weighted by atomic mass is 10.1. The minimum atomic E-state index is -0.527. The fourth-order valence-electron chi connectivity index (χ4n) is 3.25. The van der Waals surface area contributed by atoms with Gasteiger partial charge in [0.15, 0.2) is 23.2 Å². The minimum absolute atomic E-state index is 0.0820. The number of aliphatic imine (C=N–C) groups is 1. The second-order valence-electron chi connectivity index (χ2n) is 7.07. The van der Waals surface area contributed by atoms with Crippen molar-refractivity contribution in [2.45, 2.75) is 20.5 Å². The molecule has 1 amide bonds. The number of halogens is 1. The Hall–Kier alpha value is -3.58. The average molecular weight is 438 g/mol. The van der Waals surface area contributed by atoms with Crippen molar-refractivity contribution < 1.29 is 19.1 Å². The van der Waals surface area contributed by atoms with Crippen LogP contribution in [0.25, 0.3) is 6.08 Å². The molecule has 31 heavy (non-hydrogen) atoms. The molecule has 0 aliphatic carbocycles. The third kappa shape index (κ3) is 4.04. The Kier molecular flexibility index (Phi) is 5.52. The smallest absolute Gasteiger partial charge is 0.282 e. The largest absolute Gasteiger partial charge is 0.493 e. The number of carbonyl (C=O) groups is 1. The van der Waals surface area contributed by atoms with Crippen LogP contribution in [0.3, 0.4) is 0 Å². The van der Waals surface area contributed by atoms with Gasteiger partial charge in [-0.1, -0.05) is 35.9 Å². The van der Waals surface area contributed by atoms with Crippen molar-refractivity contribution in [3.63, 3.8) is 0 Å². The van der Waals surface area contributed by atoms with Gasteiger partial charge in [-0.15, -0.1) is 5.06 Å². The van der Waals surface area contributed by atoms with Crippen LogP contribution in [0, 0.1) is 12.3 Å². The summed E-state index contributed by atoms with van der Waals surface area (Å²) in [5.74, 6) is 1.04. The first-order valence-electron chi connectivity index (χ1n) is 9.52. The van der Waals surface area contributed by atoms with Gasteiger partial charge in [0.25, 0.3) is 5.91 Å². The SMILES string of the molecule is COc1cc(/C=C2/C(=N)N3OC(C)=CC3=NC2=O)cc(Cl)c1OCc1ccccc1C. The van der Waals surface area contributed by atoms with Crippen molar-refractivity contribution >= 4 is 35.3 Å². The second kappa shape index (κ2) is 8.28. The quantitative estimate of drug-likeness (QED) is 0.686. The molecule has 2 aromatic carbocycles. The molecule has 2 heterocycles. The van der Waals surface area contributed by atoms with Gasteiger partial charge in [-0.05, 0) is 48.7 Å². The lowest BCUT2D eigenvalue weighted by molar-refractivity contribution is -0.114. The van der Waals surface area contributed by atoms with Crippen molar-refractivity contribution in [2.75, 3.05) is 7.11 Å². The van der Waals surface area contributed by atoms with E-state index < -0.39 is 5.91 Å². The molecule has 0 saturated heterocycles. The highest BCUT2D eigenvalue weighted by Gasteiger charge is 2.34. The van der Waals surface area contributed by atoms with Crippen molar-refractivity contribution in [1.29, 1.82) is 5.41 Å². The van der Waals surface area contributed by atoms with E-state index in [-0.39, 0.29) is 11.4 Å². The molecule has 1 N–H and O–H groups in total. The van der Waals surface area contributed by atoms with Gasteiger partial charge in [-0.3, -0.25) is 10.2 Å². The summed E-state index contributed by atoms with van der Waals surface area (Å²) < 4.78 is 11.4. The number of amides is 1. The van der Waals surface area contributed by atoms with E-state index in [1.165, 1.54) is 18.2 Å². The molecule has 0 atom stereocenters. The van der Waals surface area contributed by atoms with Gasteiger partial charge in [0.2, 0.25) is 0 Å². The molecule has 0 aromatic heterocycles. The minimum Gasteiger partial charge on any atom is -0.493 e. The monoisotopic (exact) mass is 437 g/mol. The number of carbonyl (C=O) groups excluding carboxylic acids is 1. The summed E-state index contributed by atoms with van der Waals surface area (Å²) in [6.07, 6.45) is 3.13. The van der Waals surface area contributed by atoms with Crippen LogP contribution in [0.2, 0.25) is 5.02 Å². The Morgan fingerprint density at radius 1 is 1.26 bits per heavy atom. The molecule has 0 bridgehead atoms. The van der Waals surface area contributed by atoms with Gasteiger partial charge >= 0.3 is 0 Å². The maximum absolute atomic E-state index is 12.5. The van der Waals surface area contributed by atoms with Crippen LogP contribution in [0.15, 0.2) is 58.8 Å². The van der Waals surface area contributed by atoms with Crippen molar-refractivity contribution in [3.05, 3.63) is 75.5 Å². The number of nitrogens with one attached hydrogen (secondary N) is 1. The Morgan fingerprint density at radius 3 is 2.77 bits per heavy atom. The number of nitrogens with zero attached hydrogens (tertiary/aromatic N) is 2. The maximum Gasteiger partial charge on any atom is 0.282 e. The maximum atomic E-state index is 12.5. The van der Waals surface area contributed by atoms with Gasteiger partial charge in [-0.25, -0.2) is 0 Å². The van der Waals surface area contributed by atoms with Gasteiger partial charge in [0, 0.05) is 6.08 Å². The van der Waals surface area contributed by atoms with Crippen LogP contribution in [0.4, 0.5) is 0 Å². The van der Waals surface area contributed by atoms with E-state index >= 15 is 0 Å². The molecule has 2 aromatic rings. The zero-order valence-corrected chi connectivity index (χ0v) is 18.0. The molecule has 8 heteroatoms. The van der Waals surface area contributed by atoms with E-state index in [1.807, 2.05) is 31.2 Å². The van der Waals surface area contributed by atoms with Crippen LogP contribution in [-0.4, -0.2) is 29.8 Å². The van der Waals surface area contributed by atoms with Gasteiger partial charge < -0.3 is 14.3 Å². The van der Waals surface area contributed by atoms with Crippen molar-refractivity contribution in [3.8, 4) is 11.5 Å². The molecule has 0 saturated carbocycles. The van der Waals surface area contributed by atoms with Gasteiger partial charge in [0.1, 0.15) is 12.4 Å². The average Bonchev–Trinajstić information content (AvgIpc) is 3.11. The lowest BCUT2D eigenvalue weighted by Gasteiger charge is -2.23. The molecule has 0 unspecified atom stereocenters. The number of hydrogen-bond acceptors (Lipinski definition) is 5. The number of hydrogen-bond donors (Lipinski definition) is 1. The highest BCUT2D eigenvalue weighted by molar-refractivity contribution is 6.33. The van der Waals surface area contributed by atoms with Crippen LogP contribution < -0.4 is 9.47 Å². The molecular weight excluding hydrogens is 418 g/mol. The number of methoxy groups -OCH3 is 1. The lowest BCUT2D eigenvalue weighted by Crippen LogP contribution is -2.38. The zero-order chi connectivity index (χ0) is 22.1. The predicted molar refractivity (Wildman–Crippen MR) is 118 cm³/mol. The molecule has 2 aliphatic rings. The van der Waals surface area contributed by atoms with Crippen molar-refractivity contribution in [2.24, 2.45) is 4.99 Å².